The summed E-state index contributed by atoms with van der Waals surface area (Å²) in [6.45, 7) is 0.372. The molecule has 2 aromatic rings. The first-order valence-electron chi connectivity index (χ1n) is 7.22. The SMILES string of the molecule is O=C(Cc1cnccn1)NC1CC(=O)N(c2ccc(F)cc2)C1. The Balaban J connectivity index is 1.59. The van der Waals surface area contributed by atoms with Crippen molar-refractivity contribution < 1.29 is 14.0 Å². The lowest BCUT2D eigenvalue weighted by molar-refractivity contribution is -0.121. The molecule has 118 valence electrons. The van der Waals surface area contributed by atoms with Crippen molar-refractivity contribution in [2.24, 2.45) is 0 Å². The van der Waals surface area contributed by atoms with Gasteiger partial charge in [0, 0.05) is 37.2 Å². The number of hydrogen-bond acceptors (Lipinski definition) is 4. The van der Waals surface area contributed by atoms with Gasteiger partial charge in [0.2, 0.25) is 11.8 Å². The Kier molecular flexibility index (Phi) is 4.27. The van der Waals surface area contributed by atoms with Crippen LogP contribution in [0.2, 0.25) is 0 Å². The number of anilines is 1. The Morgan fingerprint density at radius 3 is 2.78 bits per heavy atom. The molecule has 1 aromatic heterocycles. The number of rotatable bonds is 4. The summed E-state index contributed by atoms with van der Waals surface area (Å²) in [6.07, 6.45) is 4.94. The van der Waals surface area contributed by atoms with Gasteiger partial charge < -0.3 is 10.2 Å². The van der Waals surface area contributed by atoms with Crippen LogP contribution in [0, 0.1) is 5.82 Å². The highest BCUT2D eigenvalue weighted by atomic mass is 19.1. The summed E-state index contributed by atoms with van der Waals surface area (Å²) in [4.78, 5) is 33.6. The molecule has 0 bridgehead atoms. The summed E-state index contributed by atoms with van der Waals surface area (Å²) in [5.74, 6) is -0.653. The van der Waals surface area contributed by atoms with Crippen molar-refractivity contribution in [1.82, 2.24) is 15.3 Å². The smallest absolute Gasteiger partial charge is 0.229 e. The number of nitrogens with one attached hydrogen (secondary N) is 1. The molecule has 23 heavy (non-hydrogen) atoms. The van der Waals surface area contributed by atoms with Crippen LogP contribution in [0.3, 0.4) is 0 Å². The molecular weight excluding hydrogens is 299 g/mol. The molecule has 1 fully saturated rings. The van der Waals surface area contributed by atoms with E-state index in [-0.39, 0.29) is 36.5 Å². The first kappa shape index (κ1) is 15.1. The summed E-state index contributed by atoms with van der Waals surface area (Å²) >= 11 is 0. The topological polar surface area (TPSA) is 75.2 Å². The molecule has 1 aromatic carbocycles. The minimum absolute atomic E-state index is 0.0959. The highest BCUT2D eigenvalue weighted by molar-refractivity contribution is 5.96. The standard InChI is InChI=1S/C16H15FN4O2/c17-11-1-3-14(4-2-11)21-10-13(8-16(21)23)20-15(22)7-12-9-18-5-6-19-12/h1-6,9,13H,7-8,10H2,(H,20,22). The largest absolute Gasteiger partial charge is 0.351 e. The van der Waals surface area contributed by atoms with E-state index in [4.69, 9.17) is 0 Å². The minimum Gasteiger partial charge on any atom is -0.351 e. The average Bonchev–Trinajstić information content (AvgIpc) is 2.89. The quantitative estimate of drug-likeness (QED) is 0.916. The van der Waals surface area contributed by atoms with Crippen LogP contribution in [0.15, 0.2) is 42.9 Å². The van der Waals surface area contributed by atoms with Crippen molar-refractivity contribution in [3.05, 3.63) is 54.4 Å². The number of carbonyl (C=O) groups is 2. The first-order valence-corrected chi connectivity index (χ1v) is 7.22. The first-order chi connectivity index (χ1) is 11.1. The number of hydrogen-bond donors (Lipinski definition) is 1. The lowest BCUT2D eigenvalue weighted by atomic mass is 10.2. The summed E-state index contributed by atoms with van der Waals surface area (Å²) < 4.78 is 13.0. The molecule has 0 aliphatic carbocycles. The average molecular weight is 314 g/mol. The predicted octanol–water partition coefficient (Wildman–Crippen LogP) is 1.08. The van der Waals surface area contributed by atoms with Gasteiger partial charge in [-0.1, -0.05) is 0 Å². The van der Waals surface area contributed by atoms with Crippen LogP contribution < -0.4 is 10.2 Å². The normalized spacial score (nSPS) is 17.3. The Labute approximate surface area is 132 Å². The van der Waals surface area contributed by atoms with Crippen molar-refractivity contribution in [1.29, 1.82) is 0 Å². The molecule has 1 N–H and O–H groups in total. The highest BCUT2D eigenvalue weighted by Gasteiger charge is 2.31. The highest BCUT2D eigenvalue weighted by Crippen LogP contribution is 2.21. The van der Waals surface area contributed by atoms with Crippen LogP contribution in [-0.2, 0) is 16.0 Å². The fourth-order valence-electron chi connectivity index (χ4n) is 2.54. The number of carbonyl (C=O) groups excluding carboxylic acids is 2. The van der Waals surface area contributed by atoms with Crippen molar-refractivity contribution in [3.8, 4) is 0 Å². The minimum atomic E-state index is -0.353. The van der Waals surface area contributed by atoms with E-state index in [9.17, 15) is 14.0 Å². The molecule has 1 aliphatic heterocycles. The van der Waals surface area contributed by atoms with E-state index < -0.39 is 0 Å². The molecule has 7 heteroatoms. The molecule has 1 saturated heterocycles. The van der Waals surface area contributed by atoms with E-state index in [1.165, 1.54) is 30.7 Å². The van der Waals surface area contributed by atoms with Crippen molar-refractivity contribution in [2.75, 3.05) is 11.4 Å². The van der Waals surface area contributed by atoms with Gasteiger partial charge in [-0.2, -0.15) is 0 Å². The van der Waals surface area contributed by atoms with Crippen LogP contribution in [0.5, 0.6) is 0 Å². The number of halogens is 1. The maximum atomic E-state index is 13.0. The van der Waals surface area contributed by atoms with Gasteiger partial charge in [-0.05, 0) is 24.3 Å². The molecule has 1 atom stereocenters. The molecule has 1 aliphatic rings. The second-order valence-corrected chi connectivity index (χ2v) is 5.32. The van der Waals surface area contributed by atoms with Crippen molar-refractivity contribution >= 4 is 17.5 Å². The Morgan fingerprint density at radius 1 is 1.30 bits per heavy atom. The molecule has 1 unspecified atom stereocenters. The zero-order valence-corrected chi connectivity index (χ0v) is 12.3. The Hall–Kier alpha value is -2.83. The van der Waals surface area contributed by atoms with Crippen LogP contribution in [-0.4, -0.2) is 34.4 Å². The maximum Gasteiger partial charge on any atom is 0.229 e. The molecule has 6 nitrogen and oxygen atoms in total. The second-order valence-electron chi connectivity index (χ2n) is 5.32. The van der Waals surface area contributed by atoms with E-state index in [1.54, 1.807) is 17.0 Å². The van der Waals surface area contributed by atoms with E-state index in [2.05, 4.69) is 15.3 Å². The van der Waals surface area contributed by atoms with E-state index in [0.717, 1.165) is 0 Å². The van der Waals surface area contributed by atoms with Gasteiger partial charge in [-0.15, -0.1) is 0 Å². The third-order valence-corrected chi connectivity index (χ3v) is 3.59. The number of benzene rings is 1. The number of aromatic nitrogens is 2. The lowest BCUT2D eigenvalue weighted by Gasteiger charge is -2.17. The summed E-state index contributed by atoms with van der Waals surface area (Å²) in [5, 5.41) is 2.83. The summed E-state index contributed by atoms with van der Waals surface area (Å²) in [7, 11) is 0. The van der Waals surface area contributed by atoms with Gasteiger partial charge in [0.05, 0.1) is 18.2 Å². The van der Waals surface area contributed by atoms with Crippen LogP contribution in [0.4, 0.5) is 10.1 Å². The molecule has 0 radical (unpaired) electrons. The third kappa shape index (κ3) is 3.68. The molecule has 2 heterocycles. The van der Waals surface area contributed by atoms with Crippen LogP contribution >= 0.6 is 0 Å². The van der Waals surface area contributed by atoms with Crippen LogP contribution in [0.1, 0.15) is 12.1 Å². The van der Waals surface area contributed by atoms with Gasteiger partial charge >= 0.3 is 0 Å². The van der Waals surface area contributed by atoms with Gasteiger partial charge in [-0.25, -0.2) is 4.39 Å². The van der Waals surface area contributed by atoms with Crippen LogP contribution in [0.25, 0.3) is 0 Å². The zero-order valence-electron chi connectivity index (χ0n) is 12.3. The molecule has 3 rings (SSSR count). The van der Waals surface area contributed by atoms with E-state index >= 15 is 0 Å². The van der Waals surface area contributed by atoms with Gasteiger partial charge in [0.1, 0.15) is 5.82 Å². The number of nitrogens with zero attached hydrogens (tertiary/aromatic N) is 3. The Morgan fingerprint density at radius 2 is 2.09 bits per heavy atom. The second kappa shape index (κ2) is 6.51. The van der Waals surface area contributed by atoms with Crippen molar-refractivity contribution in [3.63, 3.8) is 0 Å². The molecular formula is C16H15FN4O2. The number of amides is 2. The van der Waals surface area contributed by atoms with Gasteiger partial charge in [-0.3, -0.25) is 19.6 Å². The van der Waals surface area contributed by atoms with E-state index in [0.29, 0.717) is 17.9 Å². The molecule has 0 saturated carbocycles. The lowest BCUT2D eigenvalue weighted by Crippen LogP contribution is -2.38. The Bertz CT molecular complexity index is 706. The van der Waals surface area contributed by atoms with E-state index in [1.807, 2.05) is 0 Å². The van der Waals surface area contributed by atoms with Gasteiger partial charge in [0.25, 0.3) is 0 Å². The fraction of sp³-hybridized carbons (Fsp3) is 0.250. The predicted molar refractivity (Wildman–Crippen MR) is 81.0 cm³/mol. The maximum absolute atomic E-state index is 13.0. The molecule has 0 spiro atoms. The van der Waals surface area contributed by atoms with Gasteiger partial charge in [0.15, 0.2) is 0 Å². The third-order valence-electron chi connectivity index (χ3n) is 3.59. The fourth-order valence-corrected chi connectivity index (χ4v) is 2.54. The monoisotopic (exact) mass is 314 g/mol. The molecule has 2 amide bonds. The summed E-state index contributed by atoms with van der Waals surface area (Å²) in [5.41, 5.74) is 1.20. The zero-order chi connectivity index (χ0) is 16.2. The summed E-state index contributed by atoms with van der Waals surface area (Å²) in [6, 6.07) is 5.45. The van der Waals surface area contributed by atoms with Crippen molar-refractivity contribution in [2.45, 2.75) is 18.9 Å².